The lowest BCUT2D eigenvalue weighted by atomic mass is 10.0. The zero-order chi connectivity index (χ0) is 24.7. The minimum Gasteiger partial charge on any atom is -0.493 e. The topological polar surface area (TPSA) is 97.7 Å². The van der Waals surface area contributed by atoms with Crippen molar-refractivity contribution in [3.63, 3.8) is 0 Å². The first kappa shape index (κ1) is 24.8. The van der Waals surface area contributed by atoms with Gasteiger partial charge in [-0.15, -0.1) is 11.3 Å². The molecule has 0 saturated carbocycles. The Morgan fingerprint density at radius 1 is 1.12 bits per heavy atom. The van der Waals surface area contributed by atoms with E-state index in [0.717, 1.165) is 16.9 Å². The maximum absolute atomic E-state index is 12.9. The SMILES string of the molecule is CCOC(=O)c1c(-c2ccc(Cl)cc2)csc1NC(=O)C(C#N)=Cc1ccc(OC)c(OC)c1. The van der Waals surface area contributed by atoms with Gasteiger partial charge in [0.25, 0.3) is 5.91 Å². The fraction of sp³-hybridized carbons (Fsp3) is 0.160. The average Bonchev–Trinajstić information content (AvgIpc) is 3.26. The van der Waals surface area contributed by atoms with Gasteiger partial charge < -0.3 is 19.5 Å². The largest absolute Gasteiger partial charge is 0.493 e. The van der Waals surface area contributed by atoms with E-state index < -0.39 is 11.9 Å². The number of nitriles is 1. The summed E-state index contributed by atoms with van der Waals surface area (Å²) in [7, 11) is 3.01. The van der Waals surface area contributed by atoms with Crippen LogP contribution in [0, 0.1) is 11.3 Å². The molecule has 7 nitrogen and oxygen atoms in total. The maximum atomic E-state index is 12.9. The molecule has 1 heterocycles. The first-order chi connectivity index (χ1) is 16.4. The number of nitrogens with zero attached hydrogens (tertiary/aromatic N) is 1. The molecular formula is C25H21ClN2O5S. The van der Waals surface area contributed by atoms with Gasteiger partial charge in [-0.25, -0.2) is 4.79 Å². The van der Waals surface area contributed by atoms with Gasteiger partial charge in [-0.1, -0.05) is 29.8 Å². The van der Waals surface area contributed by atoms with E-state index in [9.17, 15) is 14.9 Å². The van der Waals surface area contributed by atoms with Crippen molar-refractivity contribution < 1.29 is 23.8 Å². The molecule has 2 aromatic carbocycles. The summed E-state index contributed by atoms with van der Waals surface area (Å²) in [5.74, 6) is -0.252. The number of anilines is 1. The fourth-order valence-corrected chi connectivity index (χ4v) is 4.20. The van der Waals surface area contributed by atoms with E-state index >= 15 is 0 Å². The molecule has 0 unspecified atom stereocenters. The highest BCUT2D eigenvalue weighted by Gasteiger charge is 2.24. The van der Waals surface area contributed by atoms with Crippen LogP contribution in [0.5, 0.6) is 11.5 Å². The van der Waals surface area contributed by atoms with Crippen LogP contribution in [-0.2, 0) is 9.53 Å². The maximum Gasteiger partial charge on any atom is 0.341 e. The summed E-state index contributed by atoms with van der Waals surface area (Å²) >= 11 is 7.14. The number of amides is 1. The van der Waals surface area contributed by atoms with Crippen molar-refractivity contribution in [1.29, 1.82) is 5.26 Å². The van der Waals surface area contributed by atoms with Crippen LogP contribution in [0.3, 0.4) is 0 Å². The van der Waals surface area contributed by atoms with E-state index in [0.29, 0.717) is 27.6 Å². The number of esters is 1. The third-order valence-corrected chi connectivity index (χ3v) is 5.88. The van der Waals surface area contributed by atoms with Gasteiger partial charge in [-0.3, -0.25) is 4.79 Å². The van der Waals surface area contributed by atoms with E-state index in [2.05, 4.69) is 5.32 Å². The molecule has 9 heteroatoms. The first-order valence-corrected chi connectivity index (χ1v) is 11.4. The number of rotatable bonds is 8. The summed E-state index contributed by atoms with van der Waals surface area (Å²) in [6.45, 7) is 1.87. The lowest BCUT2D eigenvalue weighted by molar-refractivity contribution is -0.112. The van der Waals surface area contributed by atoms with Crippen LogP contribution in [-0.4, -0.2) is 32.7 Å². The van der Waals surface area contributed by atoms with Crippen LogP contribution >= 0.6 is 22.9 Å². The van der Waals surface area contributed by atoms with Crippen LogP contribution < -0.4 is 14.8 Å². The summed E-state index contributed by atoms with van der Waals surface area (Å²) in [6.07, 6.45) is 1.43. The third-order valence-electron chi connectivity index (χ3n) is 4.74. The second-order valence-electron chi connectivity index (χ2n) is 6.82. The molecule has 174 valence electrons. The second-order valence-corrected chi connectivity index (χ2v) is 8.14. The second kappa shape index (κ2) is 11.4. The van der Waals surface area contributed by atoms with Crippen molar-refractivity contribution in [1.82, 2.24) is 0 Å². The molecule has 3 aromatic rings. The van der Waals surface area contributed by atoms with Crippen molar-refractivity contribution in [3.8, 4) is 28.7 Å². The molecule has 0 aliphatic carbocycles. The van der Waals surface area contributed by atoms with Crippen molar-refractivity contribution in [3.05, 3.63) is 69.6 Å². The van der Waals surface area contributed by atoms with Gasteiger partial charge in [0.05, 0.1) is 20.8 Å². The Balaban J connectivity index is 1.95. The molecule has 3 rings (SSSR count). The molecule has 0 aliphatic rings. The molecule has 0 aliphatic heterocycles. The molecule has 1 aromatic heterocycles. The quantitative estimate of drug-likeness (QED) is 0.240. The summed E-state index contributed by atoms with van der Waals surface area (Å²) in [5, 5.41) is 14.9. The molecule has 0 bridgehead atoms. The Morgan fingerprint density at radius 2 is 1.82 bits per heavy atom. The van der Waals surface area contributed by atoms with E-state index in [1.807, 2.05) is 6.07 Å². The lowest BCUT2D eigenvalue weighted by Gasteiger charge is -2.09. The lowest BCUT2D eigenvalue weighted by Crippen LogP contribution is -2.16. The van der Waals surface area contributed by atoms with Crippen molar-refractivity contribution in [2.45, 2.75) is 6.92 Å². The van der Waals surface area contributed by atoms with E-state index in [4.69, 9.17) is 25.8 Å². The van der Waals surface area contributed by atoms with Crippen molar-refractivity contribution >= 4 is 45.9 Å². The third kappa shape index (κ3) is 5.57. The van der Waals surface area contributed by atoms with Crippen molar-refractivity contribution in [2.24, 2.45) is 0 Å². The standard InChI is InChI=1S/C25H21ClN2O5S/c1-4-33-25(30)22-19(16-6-8-18(26)9-7-16)14-34-24(22)28-23(29)17(13-27)11-15-5-10-20(31-2)21(12-15)32-3/h5-12,14H,4H2,1-3H3,(H,28,29). The van der Waals surface area contributed by atoms with Crippen LogP contribution in [0.1, 0.15) is 22.8 Å². The number of halogens is 1. The highest BCUT2D eigenvalue weighted by molar-refractivity contribution is 7.15. The molecule has 0 atom stereocenters. The number of nitrogens with one attached hydrogen (secondary N) is 1. The minimum absolute atomic E-state index is 0.150. The number of methoxy groups -OCH3 is 2. The van der Waals surface area contributed by atoms with Gasteiger partial charge in [0.2, 0.25) is 0 Å². The average molecular weight is 497 g/mol. The smallest absolute Gasteiger partial charge is 0.341 e. The number of benzene rings is 2. The van der Waals surface area contributed by atoms with Gasteiger partial charge in [0.1, 0.15) is 22.2 Å². The predicted octanol–water partition coefficient (Wildman–Crippen LogP) is 5.81. The highest BCUT2D eigenvalue weighted by atomic mass is 35.5. The van der Waals surface area contributed by atoms with Crippen LogP contribution in [0.2, 0.25) is 5.02 Å². The van der Waals surface area contributed by atoms with Crippen LogP contribution in [0.4, 0.5) is 5.00 Å². The number of thiophene rings is 1. The molecular weight excluding hydrogens is 476 g/mol. The molecule has 0 fully saturated rings. The molecule has 1 N–H and O–H groups in total. The minimum atomic E-state index is -0.660. The first-order valence-electron chi connectivity index (χ1n) is 10.1. The Hall–Kier alpha value is -3.80. The normalized spacial score (nSPS) is 10.9. The number of ether oxygens (including phenoxy) is 3. The van der Waals surface area contributed by atoms with Gasteiger partial charge >= 0.3 is 5.97 Å². The summed E-state index contributed by atoms with van der Waals surface area (Å²) in [4.78, 5) is 25.7. The van der Waals surface area contributed by atoms with Gasteiger partial charge in [-0.05, 0) is 48.4 Å². The number of carbonyl (C=O) groups is 2. The van der Waals surface area contributed by atoms with E-state index in [-0.39, 0.29) is 22.7 Å². The van der Waals surface area contributed by atoms with Crippen LogP contribution in [0.15, 0.2) is 53.4 Å². The van der Waals surface area contributed by atoms with E-state index in [1.54, 1.807) is 54.8 Å². The Labute approximate surface area is 206 Å². The molecule has 0 radical (unpaired) electrons. The van der Waals surface area contributed by atoms with Crippen LogP contribution in [0.25, 0.3) is 17.2 Å². The van der Waals surface area contributed by atoms with Gasteiger partial charge in [0, 0.05) is 16.0 Å². The number of carbonyl (C=O) groups excluding carboxylic acids is 2. The zero-order valence-electron chi connectivity index (χ0n) is 18.7. The molecule has 0 saturated heterocycles. The van der Waals surface area contributed by atoms with Crippen molar-refractivity contribution in [2.75, 3.05) is 26.1 Å². The number of hydrogen-bond acceptors (Lipinski definition) is 7. The molecule has 34 heavy (non-hydrogen) atoms. The van der Waals surface area contributed by atoms with E-state index in [1.165, 1.54) is 20.3 Å². The fourth-order valence-electron chi connectivity index (χ4n) is 3.13. The Morgan fingerprint density at radius 3 is 2.44 bits per heavy atom. The molecule has 0 spiro atoms. The zero-order valence-corrected chi connectivity index (χ0v) is 20.3. The Bertz CT molecular complexity index is 1280. The summed E-state index contributed by atoms with van der Waals surface area (Å²) in [6, 6.07) is 13.9. The van der Waals surface area contributed by atoms with Gasteiger partial charge in [-0.2, -0.15) is 5.26 Å². The predicted molar refractivity (Wildman–Crippen MR) is 132 cm³/mol. The Kier molecular flexibility index (Phi) is 8.30. The van der Waals surface area contributed by atoms with Gasteiger partial charge in [0.15, 0.2) is 11.5 Å². The highest BCUT2D eigenvalue weighted by Crippen LogP contribution is 2.37. The summed E-state index contributed by atoms with van der Waals surface area (Å²) in [5.41, 5.74) is 1.97. The summed E-state index contributed by atoms with van der Waals surface area (Å²) < 4.78 is 15.7. The molecule has 1 amide bonds. The number of hydrogen-bond donors (Lipinski definition) is 1. The monoisotopic (exact) mass is 496 g/mol.